The normalized spacial score (nSPS) is 12.4. The summed E-state index contributed by atoms with van der Waals surface area (Å²) >= 11 is 3.93. The minimum Gasteiger partial charge on any atom is -0.516 e. The van der Waals surface area contributed by atoms with E-state index in [1.807, 2.05) is 0 Å². The molecular formula is C6H8OS. The van der Waals surface area contributed by atoms with E-state index in [9.17, 15) is 0 Å². The average Bonchev–Trinajstić information content (AvgIpc) is 1.68. The van der Waals surface area contributed by atoms with Gasteiger partial charge in [0.2, 0.25) is 0 Å². The molecule has 0 aromatic carbocycles. The van der Waals surface area contributed by atoms with Gasteiger partial charge in [0.1, 0.15) is 0 Å². The van der Waals surface area contributed by atoms with Crippen LogP contribution in [0.15, 0.2) is 36.0 Å². The van der Waals surface area contributed by atoms with Crippen molar-refractivity contribution in [3.05, 3.63) is 36.0 Å². The number of thiol groups is 1. The maximum Gasteiger partial charge on any atom is 0.0802 e. The molecule has 0 heterocycles. The molecule has 0 aliphatic carbocycles. The highest BCUT2D eigenvalue weighted by molar-refractivity contribution is 7.84. The third-order valence-electron chi connectivity index (χ3n) is 0.534. The second-order valence-electron chi connectivity index (χ2n) is 1.14. The summed E-state index contributed by atoms with van der Waals surface area (Å²) in [4.78, 5) is 0.683. The van der Waals surface area contributed by atoms with E-state index >= 15 is 0 Å². The number of aliphatic hydroxyl groups is 1. The lowest BCUT2D eigenvalue weighted by Gasteiger charge is -1.81. The topological polar surface area (TPSA) is 20.2 Å². The van der Waals surface area contributed by atoms with Gasteiger partial charge in [0.25, 0.3) is 0 Å². The summed E-state index contributed by atoms with van der Waals surface area (Å²) in [6.07, 6.45) is 5.67. The van der Waals surface area contributed by atoms with E-state index in [2.05, 4.69) is 19.2 Å². The molecule has 0 fully saturated rings. The van der Waals surface area contributed by atoms with E-state index in [4.69, 9.17) is 5.11 Å². The van der Waals surface area contributed by atoms with E-state index < -0.39 is 0 Å². The van der Waals surface area contributed by atoms with Crippen molar-refractivity contribution in [1.82, 2.24) is 0 Å². The predicted octanol–water partition coefficient (Wildman–Crippen LogP) is 2.06. The van der Waals surface area contributed by atoms with Crippen LogP contribution in [-0.2, 0) is 0 Å². The van der Waals surface area contributed by atoms with E-state index in [1.54, 1.807) is 12.2 Å². The van der Waals surface area contributed by atoms with Crippen molar-refractivity contribution < 1.29 is 5.11 Å². The zero-order chi connectivity index (χ0) is 6.41. The number of hydrogen-bond donors (Lipinski definition) is 2. The quantitative estimate of drug-likeness (QED) is 0.331. The first-order chi connectivity index (χ1) is 3.81. The summed E-state index contributed by atoms with van der Waals surface area (Å²) < 4.78 is 0. The second kappa shape index (κ2) is 4.53. The molecule has 0 aromatic heterocycles. The molecule has 0 saturated heterocycles. The van der Waals surface area contributed by atoms with Crippen LogP contribution < -0.4 is 0 Å². The van der Waals surface area contributed by atoms with Crippen LogP contribution in [0.5, 0.6) is 0 Å². The summed E-state index contributed by atoms with van der Waals surface area (Å²) in [6, 6.07) is 0. The highest BCUT2D eigenvalue weighted by Gasteiger charge is 1.74. The fourth-order valence-electron chi connectivity index (χ4n) is 0.253. The molecule has 1 N–H and O–H groups in total. The molecule has 0 saturated carbocycles. The zero-order valence-electron chi connectivity index (χ0n) is 4.41. The fraction of sp³-hybridized carbons (Fsp3) is 0. The molecule has 0 radical (unpaired) electrons. The molecule has 0 amide bonds. The standard InChI is InChI=1S/C6H8OS/c1-2-3-6(8)4-5-7/h2-5,7-8H,1H2/b5-4-,6-3+. The Hall–Kier alpha value is -0.630. The Morgan fingerprint density at radius 3 is 2.62 bits per heavy atom. The van der Waals surface area contributed by atoms with Crippen molar-refractivity contribution >= 4 is 12.6 Å². The summed E-state index contributed by atoms with van der Waals surface area (Å²) in [5.41, 5.74) is 0. The molecule has 8 heavy (non-hydrogen) atoms. The third kappa shape index (κ3) is 3.56. The minimum atomic E-state index is 0.683. The van der Waals surface area contributed by atoms with Crippen LogP contribution in [0.25, 0.3) is 0 Å². The molecule has 0 aliphatic heterocycles. The van der Waals surface area contributed by atoms with E-state index in [0.717, 1.165) is 6.26 Å². The van der Waals surface area contributed by atoms with Crippen LogP contribution in [0, 0.1) is 0 Å². The van der Waals surface area contributed by atoms with Crippen molar-refractivity contribution in [2.45, 2.75) is 0 Å². The first-order valence-corrected chi connectivity index (χ1v) is 2.58. The van der Waals surface area contributed by atoms with Crippen LogP contribution in [0.1, 0.15) is 0 Å². The Labute approximate surface area is 54.4 Å². The average molecular weight is 128 g/mol. The van der Waals surface area contributed by atoms with E-state index in [-0.39, 0.29) is 0 Å². The van der Waals surface area contributed by atoms with Gasteiger partial charge in [-0.3, -0.25) is 0 Å². The van der Waals surface area contributed by atoms with E-state index in [1.165, 1.54) is 6.08 Å². The minimum absolute atomic E-state index is 0.683. The van der Waals surface area contributed by atoms with Crippen LogP contribution >= 0.6 is 12.6 Å². The SMILES string of the molecule is C=C/C=C(S)\C=C/O. The summed E-state index contributed by atoms with van der Waals surface area (Å²) in [5, 5.41) is 8.16. The maximum absolute atomic E-state index is 8.16. The smallest absolute Gasteiger partial charge is 0.0802 e. The van der Waals surface area contributed by atoms with Gasteiger partial charge in [-0.1, -0.05) is 12.7 Å². The van der Waals surface area contributed by atoms with Gasteiger partial charge in [0.15, 0.2) is 0 Å². The molecule has 0 spiro atoms. The zero-order valence-corrected chi connectivity index (χ0v) is 5.31. The largest absolute Gasteiger partial charge is 0.516 e. The van der Waals surface area contributed by atoms with Gasteiger partial charge in [0.05, 0.1) is 6.26 Å². The number of aliphatic hydroxyl groups excluding tert-OH is 1. The van der Waals surface area contributed by atoms with Gasteiger partial charge in [-0.25, -0.2) is 0 Å². The molecule has 0 aromatic rings. The molecule has 1 nitrogen and oxygen atoms in total. The Morgan fingerprint density at radius 2 is 2.25 bits per heavy atom. The van der Waals surface area contributed by atoms with Crippen LogP contribution in [-0.4, -0.2) is 5.11 Å². The molecule has 0 bridgehead atoms. The lowest BCUT2D eigenvalue weighted by molar-refractivity contribution is 0.473. The molecule has 0 rings (SSSR count). The van der Waals surface area contributed by atoms with Gasteiger partial charge >= 0.3 is 0 Å². The Kier molecular flexibility index (Phi) is 4.17. The molecule has 2 heteroatoms. The highest BCUT2D eigenvalue weighted by atomic mass is 32.1. The fourth-order valence-corrected chi connectivity index (χ4v) is 0.425. The molecule has 0 atom stereocenters. The second-order valence-corrected chi connectivity index (χ2v) is 1.66. The van der Waals surface area contributed by atoms with Gasteiger partial charge in [-0.05, 0) is 12.2 Å². The van der Waals surface area contributed by atoms with Gasteiger partial charge in [0, 0.05) is 4.91 Å². The van der Waals surface area contributed by atoms with Crippen molar-refractivity contribution in [3.8, 4) is 0 Å². The number of rotatable bonds is 2. The first kappa shape index (κ1) is 7.37. The monoisotopic (exact) mass is 128 g/mol. The Balaban J connectivity index is 3.79. The third-order valence-corrected chi connectivity index (χ3v) is 0.832. The first-order valence-electron chi connectivity index (χ1n) is 2.13. The summed E-state index contributed by atoms with van der Waals surface area (Å²) in [6.45, 7) is 3.44. The highest BCUT2D eigenvalue weighted by Crippen LogP contribution is 2.00. The van der Waals surface area contributed by atoms with Gasteiger partial charge in [-0.15, -0.1) is 12.6 Å². The molecule has 0 aliphatic rings. The van der Waals surface area contributed by atoms with Crippen LogP contribution in [0.3, 0.4) is 0 Å². The van der Waals surface area contributed by atoms with Crippen LogP contribution in [0.4, 0.5) is 0 Å². The van der Waals surface area contributed by atoms with Crippen molar-refractivity contribution in [2.75, 3.05) is 0 Å². The lowest BCUT2D eigenvalue weighted by Crippen LogP contribution is -1.58. The lowest BCUT2D eigenvalue weighted by atomic mass is 10.5. The van der Waals surface area contributed by atoms with Crippen LogP contribution in [0.2, 0.25) is 0 Å². The Bertz CT molecular complexity index is 124. The molecule has 0 unspecified atom stereocenters. The molecular weight excluding hydrogens is 120 g/mol. The molecule has 44 valence electrons. The van der Waals surface area contributed by atoms with Crippen molar-refractivity contribution in [2.24, 2.45) is 0 Å². The predicted molar refractivity (Wildman–Crippen MR) is 39.0 cm³/mol. The summed E-state index contributed by atoms with van der Waals surface area (Å²) in [7, 11) is 0. The maximum atomic E-state index is 8.16. The number of allylic oxidation sites excluding steroid dienone is 3. The Morgan fingerprint density at radius 1 is 1.62 bits per heavy atom. The van der Waals surface area contributed by atoms with E-state index in [0.29, 0.717) is 4.91 Å². The van der Waals surface area contributed by atoms with Gasteiger partial charge < -0.3 is 5.11 Å². The summed E-state index contributed by atoms with van der Waals surface area (Å²) in [5.74, 6) is 0. The number of hydrogen-bond acceptors (Lipinski definition) is 2. The van der Waals surface area contributed by atoms with Crippen molar-refractivity contribution in [1.29, 1.82) is 0 Å². The van der Waals surface area contributed by atoms with Gasteiger partial charge in [-0.2, -0.15) is 0 Å². The van der Waals surface area contributed by atoms with Crippen molar-refractivity contribution in [3.63, 3.8) is 0 Å².